The standard InChI is InChI=1S/C12H12FN3O2S/c13-9-4-2-1-3-8(9)7-15-10(17)11(18)16-12-14-5-6-19-12/h1-4H,5-7H2,(H,15,17)(H,14,16,18). The summed E-state index contributed by atoms with van der Waals surface area (Å²) in [6, 6.07) is 6.06. The van der Waals surface area contributed by atoms with E-state index in [1.54, 1.807) is 18.2 Å². The third kappa shape index (κ3) is 3.78. The van der Waals surface area contributed by atoms with Gasteiger partial charge in [-0.3, -0.25) is 19.9 Å². The fourth-order valence-corrected chi connectivity index (χ4v) is 2.19. The van der Waals surface area contributed by atoms with Gasteiger partial charge in [-0.1, -0.05) is 30.0 Å². The van der Waals surface area contributed by atoms with Crippen molar-refractivity contribution >= 4 is 28.7 Å². The van der Waals surface area contributed by atoms with Gasteiger partial charge in [0.2, 0.25) is 0 Å². The molecule has 0 fully saturated rings. The minimum absolute atomic E-state index is 0.0292. The van der Waals surface area contributed by atoms with Gasteiger partial charge in [-0.25, -0.2) is 4.39 Å². The molecule has 0 unspecified atom stereocenters. The Kier molecular flexibility index (Phi) is 4.51. The summed E-state index contributed by atoms with van der Waals surface area (Å²) in [6.45, 7) is 0.607. The Morgan fingerprint density at radius 1 is 1.32 bits per heavy atom. The molecule has 0 aromatic heterocycles. The molecule has 100 valence electrons. The highest BCUT2D eigenvalue weighted by Gasteiger charge is 2.17. The van der Waals surface area contributed by atoms with Crippen LogP contribution in [0.4, 0.5) is 4.39 Å². The fourth-order valence-electron chi connectivity index (χ4n) is 1.46. The van der Waals surface area contributed by atoms with Gasteiger partial charge in [-0.2, -0.15) is 0 Å². The minimum Gasteiger partial charge on any atom is -0.344 e. The molecule has 1 aromatic carbocycles. The summed E-state index contributed by atoms with van der Waals surface area (Å²) < 4.78 is 13.3. The average Bonchev–Trinajstić information content (AvgIpc) is 2.90. The zero-order chi connectivity index (χ0) is 13.7. The molecule has 2 rings (SSSR count). The summed E-state index contributed by atoms with van der Waals surface area (Å²) in [6.07, 6.45) is 0. The first kappa shape index (κ1) is 13.5. The fraction of sp³-hybridized carbons (Fsp3) is 0.250. The van der Waals surface area contributed by atoms with Crippen molar-refractivity contribution in [3.05, 3.63) is 35.6 Å². The topological polar surface area (TPSA) is 70.6 Å². The Labute approximate surface area is 113 Å². The van der Waals surface area contributed by atoms with Crippen molar-refractivity contribution in [2.24, 2.45) is 4.99 Å². The van der Waals surface area contributed by atoms with Crippen molar-refractivity contribution in [2.45, 2.75) is 6.54 Å². The number of benzene rings is 1. The number of nitrogens with zero attached hydrogens (tertiary/aromatic N) is 1. The van der Waals surface area contributed by atoms with Gasteiger partial charge in [0, 0.05) is 17.9 Å². The third-order valence-electron chi connectivity index (χ3n) is 2.41. The maximum absolute atomic E-state index is 13.3. The number of thioether (sulfide) groups is 1. The van der Waals surface area contributed by atoms with Gasteiger partial charge in [-0.05, 0) is 6.07 Å². The Morgan fingerprint density at radius 3 is 2.79 bits per heavy atom. The third-order valence-corrected chi connectivity index (χ3v) is 3.30. The van der Waals surface area contributed by atoms with E-state index in [-0.39, 0.29) is 6.54 Å². The molecule has 19 heavy (non-hydrogen) atoms. The van der Waals surface area contributed by atoms with E-state index in [4.69, 9.17) is 0 Å². The number of hydrogen-bond donors (Lipinski definition) is 2. The van der Waals surface area contributed by atoms with Gasteiger partial charge in [0.15, 0.2) is 5.17 Å². The van der Waals surface area contributed by atoms with E-state index in [0.717, 1.165) is 5.75 Å². The zero-order valence-corrected chi connectivity index (χ0v) is 10.8. The monoisotopic (exact) mass is 281 g/mol. The first-order chi connectivity index (χ1) is 9.16. The SMILES string of the molecule is O=C(NCc1ccccc1F)C(=O)NC1=NCCS1. The van der Waals surface area contributed by atoms with Crippen molar-refractivity contribution in [1.82, 2.24) is 10.6 Å². The van der Waals surface area contributed by atoms with Gasteiger partial charge in [0.05, 0.1) is 6.54 Å². The molecule has 0 saturated heterocycles. The van der Waals surface area contributed by atoms with Gasteiger partial charge >= 0.3 is 11.8 Å². The number of aliphatic imine (C=N–C) groups is 1. The maximum Gasteiger partial charge on any atom is 0.315 e. The molecule has 1 heterocycles. The Balaban J connectivity index is 1.84. The predicted molar refractivity (Wildman–Crippen MR) is 71.1 cm³/mol. The van der Waals surface area contributed by atoms with E-state index in [1.165, 1.54) is 17.8 Å². The molecule has 2 N–H and O–H groups in total. The predicted octanol–water partition coefficient (Wildman–Crippen LogP) is 0.661. The van der Waals surface area contributed by atoms with Crippen LogP contribution in [0, 0.1) is 5.82 Å². The molecule has 1 aliphatic rings. The van der Waals surface area contributed by atoms with Crippen LogP contribution in [0.2, 0.25) is 0 Å². The molecular formula is C12H12FN3O2S. The van der Waals surface area contributed by atoms with Crippen molar-refractivity contribution < 1.29 is 14.0 Å². The summed E-state index contributed by atoms with van der Waals surface area (Å²) in [4.78, 5) is 27.0. The van der Waals surface area contributed by atoms with E-state index >= 15 is 0 Å². The number of amidine groups is 1. The maximum atomic E-state index is 13.3. The second kappa shape index (κ2) is 6.33. The van der Waals surface area contributed by atoms with Gasteiger partial charge in [-0.15, -0.1) is 0 Å². The molecule has 0 saturated carbocycles. The lowest BCUT2D eigenvalue weighted by molar-refractivity contribution is -0.138. The van der Waals surface area contributed by atoms with Crippen molar-refractivity contribution in [1.29, 1.82) is 0 Å². The Hall–Kier alpha value is -1.89. The van der Waals surface area contributed by atoms with Crippen LogP contribution < -0.4 is 10.6 Å². The first-order valence-electron chi connectivity index (χ1n) is 5.66. The smallest absolute Gasteiger partial charge is 0.315 e. The van der Waals surface area contributed by atoms with Gasteiger partial charge in [0.25, 0.3) is 0 Å². The average molecular weight is 281 g/mol. The number of amides is 2. The van der Waals surface area contributed by atoms with Crippen LogP contribution >= 0.6 is 11.8 Å². The molecule has 1 aliphatic heterocycles. The van der Waals surface area contributed by atoms with Crippen LogP contribution in [-0.4, -0.2) is 29.3 Å². The van der Waals surface area contributed by atoms with Crippen molar-refractivity contribution in [2.75, 3.05) is 12.3 Å². The molecule has 7 heteroatoms. The zero-order valence-electron chi connectivity index (χ0n) is 9.98. The molecule has 5 nitrogen and oxygen atoms in total. The lowest BCUT2D eigenvalue weighted by Crippen LogP contribution is -2.41. The second-order valence-corrected chi connectivity index (χ2v) is 4.85. The number of halogens is 1. The van der Waals surface area contributed by atoms with Crippen LogP contribution in [0.25, 0.3) is 0 Å². The molecule has 2 amide bonds. The van der Waals surface area contributed by atoms with Crippen LogP contribution in [0.15, 0.2) is 29.3 Å². The van der Waals surface area contributed by atoms with Crippen LogP contribution in [-0.2, 0) is 16.1 Å². The van der Waals surface area contributed by atoms with E-state index in [9.17, 15) is 14.0 Å². The number of nitrogens with one attached hydrogen (secondary N) is 2. The van der Waals surface area contributed by atoms with Gasteiger partial charge < -0.3 is 5.32 Å². The number of rotatable bonds is 2. The largest absolute Gasteiger partial charge is 0.344 e. The summed E-state index contributed by atoms with van der Waals surface area (Å²) in [7, 11) is 0. The lowest BCUT2D eigenvalue weighted by atomic mass is 10.2. The van der Waals surface area contributed by atoms with E-state index in [0.29, 0.717) is 17.3 Å². The molecule has 1 aromatic rings. The molecule has 0 spiro atoms. The highest BCUT2D eigenvalue weighted by atomic mass is 32.2. The highest BCUT2D eigenvalue weighted by Crippen LogP contribution is 2.08. The number of hydrogen-bond acceptors (Lipinski definition) is 4. The summed E-state index contributed by atoms with van der Waals surface area (Å²) in [5.41, 5.74) is 0.330. The van der Waals surface area contributed by atoms with E-state index < -0.39 is 17.6 Å². The van der Waals surface area contributed by atoms with Crippen molar-refractivity contribution in [3.8, 4) is 0 Å². The molecule has 0 radical (unpaired) electrons. The number of carbonyl (C=O) groups is 2. The van der Waals surface area contributed by atoms with Gasteiger partial charge in [0.1, 0.15) is 5.82 Å². The second-order valence-electron chi connectivity index (χ2n) is 3.76. The molecular weight excluding hydrogens is 269 g/mol. The molecule has 0 atom stereocenters. The minimum atomic E-state index is -0.807. The van der Waals surface area contributed by atoms with Crippen LogP contribution in [0.1, 0.15) is 5.56 Å². The summed E-state index contributed by atoms with van der Waals surface area (Å²) >= 11 is 1.38. The van der Waals surface area contributed by atoms with Crippen molar-refractivity contribution in [3.63, 3.8) is 0 Å². The van der Waals surface area contributed by atoms with Crippen LogP contribution in [0.3, 0.4) is 0 Å². The van der Waals surface area contributed by atoms with E-state index in [2.05, 4.69) is 15.6 Å². The molecule has 0 bridgehead atoms. The number of carbonyl (C=O) groups excluding carboxylic acids is 2. The first-order valence-corrected chi connectivity index (χ1v) is 6.65. The Morgan fingerprint density at radius 2 is 2.11 bits per heavy atom. The van der Waals surface area contributed by atoms with E-state index in [1.807, 2.05) is 0 Å². The van der Waals surface area contributed by atoms with Crippen LogP contribution in [0.5, 0.6) is 0 Å². The lowest BCUT2D eigenvalue weighted by Gasteiger charge is -2.06. The normalized spacial score (nSPS) is 13.8. The Bertz CT molecular complexity index is 533. The summed E-state index contributed by atoms with van der Waals surface area (Å²) in [5.74, 6) is -1.21. The molecule has 0 aliphatic carbocycles. The summed E-state index contributed by atoms with van der Waals surface area (Å²) in [5, 5.41) is 5.21. The quantitative estimate of drug-likeness (QED) is 0.782. The highest BCUT2D eigenvalue weighted by molar-refractivity contribution is 8.14.